The first-order chi connectivity index (χ1) is 13.4. The van der Waals surface area contributed by atoms with E-state index in [1.807, 2.05) is 18.3 Å². The van der Waals surface area contributed by atoms with E-state index in [9.17, 15) is 13.2 Å². The van der Waals surface area contributed by atoms with Crippen molar-refractivity contribution < 1.29 is 13.2 Å². The van der Waals surface area contributed by atoms with Gasteiger partial charge in [-0.05, 0) is 36.4 Å². The standard InChI is InChI=1S/C20H22N4O3S/c1-28(26,27)16-5-2-4-15(14-16)22-20(25)24-12-10-23(11-13-24)19-7-3-6-18-17(19)8-9-21-18/h2-9,14,21H,10-13H2,1H3,(H,22,25). The van der Waals surface area contributed by atoms with Gasteiger partial charge < -0.3 is 20.1 Å². The molecule has 1 aromatic heterocycles. The number of carbonyl (C=O) groups is 1. The third-order valence-corrected chi connectivity index (χ3v) is 6.10. The van der Waals surface area contributed by atoms with Crippen LogP contribution in [-0.4, -0.2) is 56.8 Å². The van der Waals surface area contributed by atoms with E-state index >= 15 is 0 Å². The van der Waals surface area contributed by atoms with E-state index in [-0.39, 0.29) is 10.9 Å². The number of benzene rings is 2. The predicted octanol–water partition coefficient (Wildman–Crippen LogP) is 2.93. The van der Waals surface area contributed by atoms with Crippen molar-refractivity contribution in [1.82, 2.24) is 9.88 Å². The SMILES string of the molecule is CS(=O)(=O)c1cccc(NC(=O)N2CCN(c3cccc4[nH]ccc34)CC2)c1. The van der Waals surface area contributed by atoms with Crippen molar-refractivity contribution in [3.63, 3.8) is 0 Å². The fourth-order valence-corrected chi connectivity index (χ4v) is 4.17. The molecule has 8 heteroatoms. The molecule has 0 unspecified atom stereocenters. The van der Waals surface area contributed by atoms with Gasteiger partial charge in [0.1, 0.15) is 0 Å². The highest BCUT2D eigenvalue weighted by atomic mass is 32.2. The van der Waals surface area contributed by atoms with Gasteiger partial charge in [-0.2, -0.15) is 0 Å². The van der Waals surface area contributed by atoms with Crippen LogP contribution in [0, 0.1) is 0 Å². The van der Waals surface area contributed by atoms with Crippen LogP contribution in [0.25, 0.3) is 10.9 Å². The topological polar surface area (TPSA) is 85.5 Å². The first-order valence-corrected chi connectivity index (χ1v) is 11.0. The number of fused-ring (bicyclic) bond motifs is 1. The number of anilines is 2. The van der Waals surface area contributed by atoms with Gasteiger partial charge in [-0.25, -0.2) is 13.2 Å². The van der Waals surface area contributed by atoms with Crippen LogP contribution in [0.15, 0.2) is 59.6 Å². The van der Waals surface area contributed by atoms with Crippen molar-refractivity contribution in [2.45, 2.75) is 4.90 Å². The minimum Gasteiger partial charge on any atom is -0.367 e. The summed E-state index contributed by atoms with van der Waals surface area (Å²) in [6.07, 6.45) is 3.08. The highest BCUT2D eigenvalue weighted by molar-refractivity contribution is 7.90. The summed E-state index contributed by atoms with van der Waals surface area (Å²) in [4.78, 5) is 20.0. The second kappa shape index (κ2) is 7.20. The van der Waals surface area contributed by atoms with Gasteiger partial charge in [0, 0.05) is 60.9 Å². The van der Waals surface area contributed by atoms with Crippen LogP contribution in [0.1, 0.15) is 0 Å². The summed E-state index contributed by atoms with van der Waals surface area (Å²) < 4.78 is 23.4. The zero-order valence-corrected chi connectivity index (χ0v) is 16.4. The second-order valence-corrected chi connectivity index (χ2v) is 8.94. The number of rotatable bonds is 3. The van der Waals surface area contributed by atoms with E-state index in [4.69, 9.17) is 0 Å². The van der Waals surface area contributed by atoms with Crippen LogP contribution in [0.5, 0.6) is 0 Å². The normalized spacial score (nSPS) is 15.0. The summed E-state index contributed by atoms with van der Waals surface area (Å²) in [6.45, 7) is 2.67. The quantitative estimate of drug-likeness (QED) is 0.710. The van der Waals surface area contributed by atoms with Crippen molar-refractivity contribution in [2.24, 2.45) is 0 Å². The molecule has 0 radical (unpaired) electrons. The van der Waals surface area contributed by atoms with Crippen LogP contribution in [0.2, 0.25) is 0 Å². The lowest BCUT2D eigenvalue weighted by molar-refractivity contribution is 0.208. The summed E-state index contributed by atoms with van der Waals surface area (Å²) >= 11 is 0. The van der Waals surface area contributed by atoms with Gasteiger partial charge in [0.25, 0.3) is 0 Å². The summed E-state index contributed by atoms with van der Waals surface area (Å²) in [5.41, 5.74) is 2.75. The number of nitrogens with zero attached hydrogens (tertiary/aromatic N) is 2. The minimum absolute atomic E-state index is 0.190. The van der Waals surface area contributed by atoms with E-state index < -0.39 is 9.84 Å². The molecule has 1 fully saturated rings. The number of piperazine rings is 1. The van der Waals surface area contributed by atoms with E-state index in [0.717, 1.165) is 24.9 Å². The number of hydrogen-bond acceptors (Lipinski definition) is 4. The number of nitrogens with one attached hydrogen (secondary N) is 2. The van der Waals surface area contributed by atoms with Gasteiger partial charge in [0.15, 0.2) is 9.84 Å². The molecule has 7 nitrogen and oxygen atoms in total. The zero-order valence-electron chi connectivity index (χ0n) is 15.6. The number of aromatic nitrogens is 1. The van der Waals surface area contributed by atoms with Gasteiger partial charge in [0.05, 0.1) is 4.90 Å². The molecule has 0 spiro atoms. The Labute approximate surface area is 163 Å². The molecule has 1 aliphatic heterocycles. The van der Waals surface area contributed by atoms with Gasteiger partial charge in [-0.15, -0.1) is 0 Å². The number of hydrogen-bond donors (Lipinski definition) is 2. The Morgan fingerprint density at radius 3 is 2.54 bits per heavy atom. The van der Waals surface area contributed by atoms with Gasteiger partial charge in [0.2, 0.25) is 0 Å². The van der Waals surface area contributed by atoms with Crippen LogP contribution >= 0.6 is 0 Å². The smallest absolute Gasteiger partial charge is 0.321 e. The zero-order chi connectivity index (χ0) is 19.7. The first kappa shape index (κ1) is 18.4. The number of carbonyl (C=O) groups excluding carboxylic acids is 1. The maximum atomic E-state index is 12.6. The lowest BCUT2D eigenvalue weighted by atomic mass is 10.2. The summed E-state index contributed by atoms with van der Waals surface area (Å²) in [6, 6.07) is 14.3. The molecule has 0 saturated carbocycles. The highest BCUT2D eigenvalue weighted by Crippen LogP contribution is 2.27. The summed E-state index contributed by atoms with van der Waals surface area (Å²) in [5, 5.41) is 3.98. The Morgan fingerprint density at radius 2 is 1.79 bits per heavy atom. The number of urea groups is 1. The number of aromatic amines is 1. The first-order valence-electron chi connectivity index (χ1n) is 9.09. The van der Waals surface area contributed by atoms with Gasteiger partial charge >= 0.3 is 6.03 Å². The van der Waals surface area contributed by atoms with Crippen molar-refractivity contribution in [3.05, 3.63) is 54.7 Å². The fraction of sp³-hybridized carbons (Fsp3) is 0.250. The monoisotopic (exact) mass is 398 g/mol. The second-order valence-electron chi connectivity index (χ2n) is 6.92. The van der Waals surface area contributed by atoms with E-state index in [1.54, 1.807) is 17.0 Å². The molecule has 28 heavy (non-hydrogen) atoms. The Morgan fingerprint density at radius 1 is 1.04 bits per heavy atom. The van der Waals surface area contributed by atoms with E-state index in [0.29, 0.717) is 18.8 Å². The van der Waals surface area contributed by atoms with Crippen molar-refractivity contribution in [1.29, 1.82) is 0 Å². The summed E-state index contributed by atoms with van der Waals surface area (Å²) in [5.74, 6) is 0. The Bertz CT molecular complexity index is 1120. The predicted molar refractivity (Wildman–Crippen MR) is 111 cm³/mol. The highest BCUT2D eigenvalue weighted by Gasteiger charge is 2.22. The van der Waals surface area contributed by atoms with Gasteiger partial charge in [-0.1, -0.05) is 12.1 Å². The van der Waals surface area contributed by atoms with E-state index in [1.165, 1.54) is 23.2 Å². The molecule has 0 atom stereocenters. The molecular formula is C20H22N4O3S. The number of amides is 2. The average Bonchev–Trinajstić information content (AvgIpc) is 3.16. The molecule has 0 aliphatic carbocycles. The lowest BCUT2D eigenvalue weighted by Crippen LogP contribution is -2.50. The lowest BCUT2D eigenvalue weighted by Gasteiger charge is -2.36. The molecular weight excluding hydrogens is 376 g/mol. The molecule has 4 rings (SSSR count). The molecule has 2 aromatic carbocycles. The van der Waals surface area contributed by atoms with Gasteiger partial charge in [-0.3, -0.25) is 0 Å². The molecule has 1 aliphatic rings. The summed E-state index contributed by atoms with van der Waals surface area (Å²) in [7, 11) is -3.31. The van der Waals surface area contributed by atoms with Crippen LogP contribution in [-0.2, 0) is 9.84 Å². The Balaban J connectivity index is 1.41. The van der Waals surface area contributed by atoms with Crippen LogP contribution in [0.4, 0.5) is 16.2 Å². The third-order valence-electron chi connectivity index (χ3n) is 4.99. The minimum atomic E-state index is -3.31. The Kier molecular flexibility index (Phi) is 4.72. The maximum absolute atomic E-state index is 12.6. The maximum Gasteiger partial charge on any atom is 0.321 e. The van der Waals surface area contributed by atoms with Crippen molar-refractivity contribution in [3.8, 4) is 0 Å². The number of H-pyrrole nitrogens is 1. The van der Waals surface area contributed by atoms with E-state index in [2.05, 4.69) is 27.3 Å². The van der Waals surface area contributed by atoms with Crippen LogP contribution in [0.3, 0.4) is 0 Å². The molecule has 3 aromatic rings. The van der Waals surface area contributed by atoms with Crippen molar-refractivity contribution >= 4 is 38.1 Å². The average molecular weight is 398 g/mol. The Hall–Kier alpha value is -3.00. The molecule has 146 valence electrons. The largest absolute Gasteiger partial charge is 0.367 e. The molecule has 2 heterocycles. The molecule has 2 amide bonds. The van der Waals surface area contributed by atoms with Crippen LogP contribution < -0.4 is 10.2 Å². The molecule has 0 bridgehead atoms. The number of sulfone groups is 1. The molecule has 2 N–H and O–H groups in total. The third kappa shape index (κ3) is 3.68. The van der Waals surface area contributed by atoms with Crippen molar-refractivity contribution in [2.75, 3.05) is 42.7 Å². The molecule has 1 saturated heterocycles. The fourth-order valence-electron chi connectivity index (χ4n) is 3.50.